The van der Waals surface area contributed by atoms with E-state index in [0.717, 1.165) is 37.1 Å². The fourth-order valence-electron chi connectivity index (χ4n) is 3.18. The number of carboxylic acid groups (broad SMARTS) is 1. The van der Waals surface area contributed by atoms with E-state index in [-0.39, 0.29) is 17.6 Å². The summed E-state index contributed by atoms with van der Waals surface area (Å²) in [5.74, 6) is -0.199. The van der Waals surface area contributed by atoms with Gasteiger partial charge in [-0.25, -0.2) is 0 Å². The lowest BCUT2D eigenvalue weighted by Gasteiger charge is -2.19. The van der Waals surface area contributed by atoms with E-state index in [1.165, 1.54) is 0 Å². The number of hydrogen-bond acceptors (Lipinski definition) is 3. The van der Waals surface area contributed by atoms with Crippen LogP contribution in [-0.2, 0) is 17.6 Å². The first-order valence-corrected chi connectivity index (χ1v) is 7.71. The largest absolute Gasteiger partial charge is 0.508 e. The number of phenolic OH excluding ortho intramolecular Hbond substituents is 1. The van der Waals surface area contributed by atoms with E-state index in [2.05, 4.69) is 19.2 Å². The molecule has 0 unspecified atom stereocenters. The van der Waals surface area contributed by atoms with Crippen LogP contribution in [-0.4, -0.2) is 29.3 Å². The molecule has 2 rings (SSSR count). The van der Waals surface area contributed by atoms with Crippen molar-refractivity contribution in [2.45, 2.75) is 33.1 Å². The lowest BCUT2D eigenvalue weighted by molar-refractivity contribution is -0.143. The molecule has 1 aromatic carbocycles. The zero-order valence-electron chi connectivity index (χ0n) is 12.8. The fraction of sp³-hybridized carbons (Fsp3) is 0.588. The second-order valence-electron chi connectivity index (χ2n) is 6.51. The predicted octanol–water partition coefficient (Wildman–Crippen LogP) is 2.44. The Morgan fingerprint density at radius 1 is 1.29 bits per heavy atom. The van der Waals surface area contributed by atoms with Crippen LogP contribution in [0.5, 0.6) is 5.75 Å². The Kier molecular flexibility index (Phi) is 5.23. The molecule has 3 N–H and O–H groups in total. The smallest absolute Gasteiger partial charge is 0.307 e. The minimum atomic E-state index is -0.738. The lowest BCUT2D eigenvalue weighted by Crippen LogP contribution is -2.27. The molecular formula is C17H25NO3. The van der Waals surface area contributed by atoms with Gasteiger partial charge in [0.15, 0.2) is 0 Å². The van der Waals surface area contributed by atoms with Crippen LogP contribution in [0, 0.1) is 17.8 Å². The average molecular weight is 291 g/mol. The number of carboxylic acids is 1. The first kappa shape index (κ1) is 15.8. The number of nitrogens with one attached hydrogen (secondary N) is 1. The first-order chi connectivity index (χ1) is 9.95. The molecular weight excluding hydrogens is 266 g/mol. The SMILES string of the molecule is CC(C)Cc1cc(O)cc(C[C@H](C(=O)O)[C@H]2CCNC2)c1. The molecule has 0 aliphatic carbocycles. The molecule has 4 heteroatoms. The standard InChI is InChI=1S/C17H25NO3/c1-11(2)5-12-6-13(8-15(19)7-12)9-16(17(20)21)14-3-4-18-10-14/h6-8,11,14,16,18-19H,3-5,9-10H2,1-2H3,(H,20,21)/t14-,16-/m0/s1. The third-order valence-electron chi connectivity index (χ3n) is 4.12. The molecule has 0 bridgehead atoms. The van der Waals surface area contributed by atoms with Crippen LogP contribution >= 0.6 is 0 Å². The molecule has 1 aliphatic rings. The second kappa shape index (κ2) is 6.94. The highest BCUT2D eigenvalue weighted by Crippen LogP contribution is 2.26. The molecule has 0 aromatic heterocycles. The van der Waals surface area contributed by atoms with Gasteiger partial charge < -0.3 is 15.5 Å². The van der Waals surface area contributed by atoms with Gasteiger partial charge in [-0.3, -0.25) is 4.79 Å². The van der Waals surface area contributed by atoms with Crippen molar-refractivity contribution in [2.75, 3.05) is 13.1 Å². The fourth-order valence-corrected chi connectivity index (χ4v) is 3.18. The van der Waals surface area contributed by atoms with Crippen molar-refractivity contribution in [3.63, 3.8) is 0 Å². The molecule has 0 saturated carbocycles. The van der Waals surface area contributed by atoms with Gasteiger partial charge in [0.25, 0.3) is 0 Å². The number of aliphatic carboxylic acids is 1. The first-order valence-electron chi connectivity index (χ1n) is 7.71. The van der Waals surface area contributed by atoms with Crippen molar-refractivity contribution in [1.82, 2.24) is 5.32 Å². The molecule has 1 heterocycles. The number of benzene rings is 1. The van der Waals surface area contributed by atoms with Gasteiger partial charge in [0.1, 0.15) is 5.75 Å². The quantitative estimate of drug-likeness (QED) is 0.753. The molecule has 1 aromatic rings. The molecule has 1 aliphatic heterocycles. The van der Waals surface area contributed by atoms with Crippen molar-refractivity contribution in [1.29, 1.82) is 0 Å². The molecule has 0 amide bonds. The van der Waals surface area contributed by atoms with Crippen molar-refractivity contribution < 1.29 is 15.0 Å². The van der Waals surface area contributed by atoms with E-state index in [1.807, 2.05) is 6.07 Å². The molecule has 21 heavy (non-hydrogen) atoms. The van der Waals surface area contributed by atoms with Crippen molar-refractivity contribution in [3.8, 4) is 5.75 Å². The Bertz CT molecular complexity index is 493. The van der Waals surface area contributed by atoms with Gasteiger partial charge >= 0.3 is 5.97 Å². The van der Waals surface area contributed by atoms with E-state index in [0.29, 0.717) is 12.3 Å². The minimum absolute atomic E-state index is 0.179. The maximum absolute atomic E-state index is 11.5. The highest BCUT2D eigenvalue weighted by molar-refractivity contribution is 5.71. The lowest BCUT2D eigenvalue weighted by atomic mass is 9.85. The topological polar surface area (TPSA) is 69.6 Å². The Balaban J connectivity index is 2.15. The number of phenols is 1. The third-order valence-corrected chi connectivity index (χ3v) is 4.12. The van der Waals surface area contributed by atoms with Crippen LogP contribution in [0.4, 0.5) is 0 Å². The number of rotatable bonds is 6. The number of carbonyl (C=O) groups is 1. The zero-order valence-corrected chi connectivity index (χ0v) is 12.8. The second-order valence-corrected chi connectivity index (χ2v) is 6.51. The number of aromatic hydroxyl groups is 1. The Hall–Kier alpha value is -1.55. The van der Waals surface area contributed by atoms with Crippen LogP contribution in [0.15, 0.2) is 18.2 Å². The van der Waals surface area contributed by atoms with Gasteiger partial charge in [-0.15, -0.1) is 0 Å². The Morgan fingerprint density at radius 3 is 2.48 bits per heavy atom. The third kappa shape index (κ3) is 4.46. The predicted molar refractivity (Wildman–Crippen MR) is 82.5 cm³/mol. The number of hydrogen-bond donors (Lipinski definition) is 3. The Morgan fingerprint density at radius 2 is 1.95 bits per heavy atom. The molecule has 4 nitrogen and oxygen atoms in total. The van der Waals surface area contributed by atoms with E-state index < -0.39 is 5.97 Å². The maximum Gasteiger partial charge on any atom is 0.307 e. The normalized spacial score (nSPS) is 19.9. The van der Waals surface area contributed by atoms with Gasteiger partial charge in [-0.1, -0.05) is 19.9 Å². The van der Waals surface area contributed by atoms with E-state index in [1.54, 1.807) is 12.1 Å². The summed E-state index contributed by atoms with van der Waals surface area (Å²) in [6.45, 7) is 5.93. The van der Waals surface area contributed by atoms with Crippen LogP contribution in [0.3, 0.4) is 0 Å². The van der Waals surface area contributed by atoms with Crippen LogP contribution in [0.2, 0.25) is 0 Å². The monoisotopic (exact) mass is 291 g/mol. The highest BCUT2D eigenvalue weighted by Gasteiger charge is 2.30. The summed E-state index contributed by atoms with van der Waals surface area (Å²) in [5.41, 5.74) is 2.00. The summed E-state index contributed by atoms with van der Waals surface area (Å²) < 4.78 is 0. The van der Waals surface area contributed by atoms with E-state index >= 15 is 0 Å². The minimum Gasteiger partial charge on any atom is -0.508 e. The van der Waals surface area contributed by atoms with Gasteiger partial charge in [-0.2, -0.15) is 0 Å². The van der Waals surface area contributed by atoms with Crippen molar-refractivity contribution in [2.24, 2.45) is 17.8 Å². The van der Waals surface area contributed by atoms with Crippen molar-refractivity contribution >= 4 is 5.97 Å². The van der Waals surface area contributed by atoms with Gasteiger partial charge in [0, 0.05) is 0 Å². The summed E-state index contributed by atoms with van der Waals surface area (Å²) in [6, 6.07) is 5.51. The van der Waals surface area contributed by atoms with Gasteiger partial charge in [-0.05, 0) is 67.4 Å². The summed E-state index contributed by atoms with van der Waals surface area (Å²) in [7, 11) is 0. The Labute approximate surface area is 126 Å². The molecule has 0 radical (unpaired) electrons. The average Bonchev–Trinajstić information content (AvgIpc) is 2.87. The van der Waals surface area contributed by atoms with E-state index in [4.69, 9.17) is 0 Å². The van der Waals surface area contributed by atoms with Gasteiger partial charge in [0.2, 0.25) is 0 Å². The van der Waals surface area contributed by atoms with Crippen LogP contribution in [0.1, 0.15) is 31.4 Å². The van der Waals surface area contributed by atoms with Crippen LogP contribution < -0.4 is 5.32 Å². The summed E-state index contributed by atoms with van der Waals surface area (Å²) >= 11 is 0. The summed E-state index contributed by atoms with van der Waals surface area (Å²) in [5, 5.41) is 22.6. The van der Waals surface area contributed by atoms with E-state index in [9.17, 15) is 15.0 Å². The molecule has 1 saturated heterocycles. The molecule has 2 atom stereocenters. The molecule has 116 valence electrons. The summed E-state index contributed by atoms with van der Waals surface area (Å²) in [4.78, 5) is 11.5. The zero-order chi connectivity index (χ0) is 15.4. The van der Waals surface area contributed by atoms with Crippen molar-refractivity contribution in [3.05, 3.63) is 29.3 Å². The van der Waals surface area contributed by atoms with Gasteiger partial charge in [0.05, 0.1) is 5.92 Å². The van der Waals surface area contributed by atoms with Crippen LogP contribution in [0.25, 0.3) is 0 Å². The molecule has 1 fully saturated rings. The maximum atomic E-state index is 11.5. The summed E-state index contributed by atoms with van der Waals surface area (Å²) in [6.07, 6.45) is 2.29. The highest BCUT2D eigenvalue weighted by atomic mass is 16.4. The molecule has 0 spiro atoms.